The minimum Gasteiger partial charge on any atom is -0.508 e. The summed E-state index contributed by atoms with van der Waals surface area (Å²) in [6.07, 6.45) is 0.589. The zero-order chi connectivity index (χ0) is 9.84. The highest BCUT2D eigenvalue weighted by molar-refractivity contribution is 5.33. The number of hydrogen-bond donors (Lipinski definition) is 3. The van der Waals surface area contributed by atoms with E-state index in [0.717, 1.165) is 11.1 Å². The molecular formula is C10H15NO2. The Kier molecular flexibility index (Phi) is 3.28. The van der Waals surface area contributed by atoms with Crippen LogP contribution < -0.4 is 5.73 Å². The van der Waals surface area contributed by atoms with Gasteiger partial charge in [0.05, 0.1) is 6.61 Å². The molecule has 3 heteroatoms. The Morgan fingerprint density at radius 3 is 2.62 bits per heavy atom. The molecule has 0 heterocycles. The van der Waals surface area contributed by atoms with E-state index in [1.54, 1.807) is 12.1 Å². The van der Waals surface area contributed by atoms with E-state index >= 15 is 0 Å². The van der Waals surface area contributed by atoms with E-state index in [4.69, 9.17) is 10.8 Å². The SMILES string of the molecule is Cc1cc(O)cc(CC(N)CO)c1. The molecule has 1 rings (SSSR count). The van der Waals surface area contributed by atoms with E-state index in [9.17, 15) is 5.11 Å². The molecule has 0 saturated carbocycles. The van der Waals surface area contributed by atoms with Crippen molar-refractivity contribution in [3.8, 4) is 5.75 Å². The monoisotopic (exact) mass is 181 g/mol. The van der Waals surface area contributed by atoms with Gasteiger partial charge in [-0.3, -0.25) is 0 Å². The molecule has 0 aliphatic rings. The second-order valence-corrected chi connectivity index (χ2v) is 3.32. The maximum Gasteiger partial charge on any atom is 0.116 e. The van der Waals surface area contributed by atoms with Crippen LogP contribution in [0.3, 0.4) is 0 Å². The van der Waals surface area contributed by atoms with E-state index in [0.29, 0.717) is 6.42 Å². The van der Waals surface area contributed by atoms with Crippen LogP contribution in [0.5, 0.6) is 5.75 Å². The van der Waals surface area contributed by atoms with Crippen LogP contribution >= 0.6 is 0 Å². The van der Waals surface area contributed by atoms with Gasteiger partial charge >= 0.3 is 0 Å². The Bertz CT molecular complexity index is 266. The number of nitrogens with two attached hydrogens (primary N) is 1. The number of aliphatic hydroxyl groups excluding tert-OH is 1. The van der Waals surface area contributed by atoms with E-state index in [2.05, 4.69) is 0 Å². The summed E-state index contributed by atoms with van der Waals surface area (Å²) in [5, 5.41) is 18.0. The van der Waals surface area contributed by atoms with Crippen molar-refractivity contribution in [2.45, 2.75) is 19.4 Å². The quantitative estimate of drug-likeness (QED) is 0.638. The molecule has 1 aromatic carbocycles. The zero-order valence-electron chi connectivity index (χ0n) is 7.70. The van der Waals surface area contributed by atoms with Crippen LogP contribution in [-0.2, 0) is 6.42 Å². The van der Waals surface area contributed by atoms with Gasteiger partial charge in [-0.15, -0.1) is 0 Å². The molecule has 72 valence electrons. The number of phenolic OH excluding ortho intramolecular Hbond substituents is 1. The molecule has 0 saturated heterocycles. The molecule has 0 aliphatic heterocycles. The van der Waals surface area contributed by atoms with Gasteiger partial charge in [-0.05, 0) is 36.6 Å². The molecule has 0 bridgehead atoms. The summed E-state index contributed by atoms with van der Waals surface area (Å²) < 4.78 is 0. The highest BCUT2D eigenvalue weighted by Crippen LogP contribution is 2.15. The molecule has 0 amide bonds. The predicted octanol–water partition coefficient (Wildman–Crippen LogP) is 0.563. The van der Waals surface area contributed by atoms with Crippen molar-refractivity contribution in [1.29, 1.82) is 0 Å². The molecule has 3 nitrogen and oxygen atoms in total. The Balaban J connectivity index is 2.77. The lowest BCUT2D eigenvalue weighted by atomic mass is 10.0. The first-order valence-corrected chi connectivity index (χ1v) is 4.28. The third kappa shape index (κ3) is 3.05. The summed E-state index contributed by atoms with van der Waals surface area (Å²) in [5.74, 6) is 0.250. The molecule has 1 atom stereocenters. The van der Waals surface area contributed by atoms with E-state index < -0.39 is 0 Å². The van der Waals surface area contributed by atoms with Crippen molar-refractivity contribution in [3.05, 3.63) is 29.3 Å². The molecule has 1 aromatic rings. The molecular weight excluding hydrogens is 166 g/mol. The van der Waals surface area contributed by atoms with Crippen LogP contribution in [0.2, 0.25) is 0 Å². The van der Waals surface area contributed by atoms with Crippen molar-refractivity contribution >= 4 is 0 Å². The number of aromatic hydroxyl groups is 1. The molecule has 0 radical (unpaired) electrons. The molecule has 0 fully saturated rings. The van der Waals surface area contributed by atoms with Gasteiger partial charge < -0.3 is 15.9 Å². The number of aliphatic hydroxyl groups is 1. The van der Waals surface area contributed by atoms with Crippen molar-refractivity contribution in [3.63, 3.8) is 0 Å². The first kappa shape index (κ1) is 10.0. The Morgan fingerprint density at radius 1 is 1.38 bits per heavy atom. The molecule has 1 unspecified atom stereocenters. The number of phenols is 1. The number of aryl methyl sites for hydroxylation is 1. The molecule has 0 aliphatic carbocycles. The summed E-state index contributed by atoms with van der Waals surface area (Å²) in [5.41, 5.74) is 7.53. The molecule has 0 aromatic heterocycles. The summed E-state index contributed by atoms with van der Waals surface area (Å²) in [6, 6.07) is 5.06. The van der Waals surface area contributed by atoms with Crippen LogP contribution in [-0.4, -0.2) is 22.9 Å². The summed E-state index contributed by atoms with van der Waals surface area (Å²) in [4.78, 5) is 0. The summed E-state index contributed by atoms with van der Waals surface area (Å²) in [6.45, 7) is 1.88. The Labute approximate surface area is 77.8 Å². The van der Waals surface area contributed by atoms with Gasteiger partial charge in [0.1, 0.15) is 5.75 Å². The van der Waals surface area contributed by atoms with Gasteiger partial charge in [0.25, 0.3) is 0 Å². The van der Waals surface area contributed by atoms with Crippen molar-refractivity contribution in [1.82, 2.24) is 0 Å². The van der Waals surface area contributed by atoms with Crippen LogP contribution in [0.25, 0.3) is 0 Å². The largest absolute Gasteiger partial charge is 0.508 e. The number of rotatable bonds is 3. The van der Waals surface area contributed by atoms with Gasteiger partial charge in [0, 0.05) is 6.04 Å². The highest BCUT2D eigenvalue weighted by atomic mass is 16.3. The van der Waals surface area contributed by atoms with Crippen LogP contribution in [0.4, 0.5) is 0 Å². The van der Waals surface area contributed by atoms with E-state index in [1.165, 1.54) is 0 Å². The maximum absolute atomic E-state index is 9.28. The topological polar surface area (TPSA) is 66.5 Å². The van der Waals surface area contributed by atoms with Crippen molar-refractivity contribution < 1.29 is 10.2 Å². The van der Waals surface area contributed by atoms with Gasteiger partial charge in [-0.1, -0.05) is 6.07 Å². The third-order valence-corrected chi connectivity index (χ3v) is 1.85. The number of benzene rings is 1. The minimum atomic E-state index is -0.249. The predicted molar refractivity (Wildman–Crippen MR) is 51.6 cm³/mol. The number of hydrogen-bond acceptors (Lipinski definition) is 3. The van der Waals surface area contributed by atoms with Gasteiger partial charge in [-0.2, -0.15) is 0 Å². The fraction of sp³-hybridized carbons (Fsp3) is 0.400. The highest BCUT2D eigenvalue weighted by Gasteiger charge is 2.03. The average Bonchev–Trinajstić information content (AvgIpc) is 2.02. The normalized spacial score (nSPS) is 12.8. The second kappa shape index (κ2) is 4.25. The van der Waals surface area contributed by atoms with Crippen LogP contribution in [0, 0.1) is 6.92 Å². The lowest BCUT2D eigenvalue weighted by Gasteiger charge is -2.08. The molecule has 0 spiro atoms. The first-order valence-electron chi connectivity index (χ1n) is 4.28. The van der Waals surface area contributed by atoms with Crippen molar-refractivity contribution in [2.75, 3.05) is 6.61 Å². The Morgan fingerprint density at radius 2 is 2.08 bits per heavy atom. The smallest absolute Gasteiger partial charge is 0.116 e. The van der Waals surface area contributed by atoms with Gasteiger partial charge in [0.2, 0.25) is 0 Å². The lowest BCUT2D eigenvalue weighted by Crippen LogP contribution is -2.26. The molecule has 13 heavy (non-hydrogen) atoms. The zero-order valence-corrected chi connectivity index (χ0v) is 7.70. The molecule has 4 N–H and O–H groups in total. The third-order valence-electron chi connectivity index (χ3n) is 1.85. The standard InChI is InChI=1S/C10H15NO2/c1-7-2-8(4-9(11)6-12)5-10(13)3-7/h2-3,5,9,12-13H,4,6,11H2,1H3. The second-order valence-electron chi connectivity index (χ2n) is 3.32. The maximum atomic E-state index is 9.28. The fourth-order valence-electron chi connectivity index (χ4n) is 1.33. The average molecular weight is 181 g/mol. The van der Waals surface area contributed by atoms with E-state index in [1.807, 2.05) is 13.0 Å². The van der Waals surface area contributed by atoms with Crippen molar-refractivity contribution in [2.24, 2.45) is 5.73 Å². The first-order chi connectivity index (χ1) is 6.11. The summed E-state index contributed by atoms with van der Waals surface area (Å²) in [7, 11) is 0. The Hall–Kier alpha value is -1.06. The lowest BCUT2D eigenvalue weighted by molar-refractivity contribution is 0.265. The van der Waals surface area contributed by atoms with Gasteiger partial charge in [0.15, 0.2) is 0 Å². The van der Waals surface area contributed by atoms with Gasteiger partial charge in [-0.25, -0.2) is 0 Å². The van der Waals surface area contributed by atoms with Crippen LogP contribution in [0.15, 0.2) is 18.2 Å². The summed E-state index contributed by atoms with van der Waals surface area (Å²) >= 11 is 0. The van der Waals surface area contributed by atoms with E-state index in [-0.39, 0.29) is 18.4 Å². The minimum absolute atomic E-state index is 0.0330. The fourth-order valence-corrected chi connectivity index (χ4v) is 1.33. The van der Waals surface area contributed by atoms with Crippen LogP contribution in [0.1, 0.15) is 11.1 Å².